The van der Waals surface area contributed by atoms with Gasteiger partial charge in [-0.2, -0.15) is 5.26 Å². The Labute approximate surface area is 224 Å². The molecule has 3 aliphatic carbocycles. The monoisotopic (exact) mass is 509 g/mol. The largest absolute Gasteiger partial charge is 0.469 e. The highest BCUT2D eigenvalue weighted by Crippen LogP contribution is 2.65. The van der Waals surface area contributed by atoms with Crippen molar-refractivity contribution in [3.8, 4) is 6.07 Å². The molecule has 1 unspecified atom stereocenters. The average Bonchev–Trinajstić information content (AvgIpc) is 2.80. The number of rotatable bonds is 6. The smallest absolute Gasteiger partial charge is 0.312 e. The Balaban J connectivity index is 2.03. The van der Waals surface area contributed by atoms with Crippen molar-refractivity contribution in [2.24, 2.45) is 38.9 Å². The second kappa shape index (κ2) is 9.83. The third-order valence-electron chi connectivity index (χ3n) is 11.0. The Morgan fingerprint density at radius 1 is 1.19 bits per heavy atom. The van der Waals surface area contributed by atoms with Crippen LogP contribution < -0.4 is 0 Å². The Morgan fingerprint density at radius 3 is 2.38 bits per heavy atom. The van der Waals surface area contributed by atoms with Gasteiger partial charge in [-0.1, -0.05) is 60.1 Å². The van der Waals surface area contributed by atoms with Crippen molar-refractivity contribution in [3.63, 3.8) is 0 Å². The number of nitrogens with zero attached hydrogens (tertiary/aromatic N) is 1. The van der Waals surface area contributed by atoms with Crippen LogP contribution >= 0.6 is 0 Å². The standard InChI is InChI=1S/C32H47NO4/c1-21-18-28(3,4)12-14-32(21,27(36)37-9)15-13-29(5,6)31(8)11-10-24-17-25(35)23(20-33)19-30(24,7)26(31)16-22(2)34/h16,19,21,24H,10-15,17-18H2,1-9H3/b26-16-/t21?,24-,30-,31+,32-/m0/s1. The number of hydrogen-bond acceptors (Lipinski definition) is 5. The number of allylic oxidation sites excluding steroid dienone is 4. The summed E-state index contributed by atoms with van der Waals surface area (Å²) in [7, 11) is 1.50. The predicted octanol–water partition coefficient (Wildman–Crippen LogP) is 7.16. The van der Waals surface area contributed by atoms with Crippen LogP contribution in [-0.2, 0) is 19.1 Å². The normalized spacial score (nSPS) is 36.8. The molecule has 0 amide bonds. The molecule has 2 fully saturated rings. The molecule has 0 bridgehead atoms. The molecule has 0 spiro atoms. The van der Waals surface area contributed by atoms with Crippen molar-refractivity contribution < 1.29 is 19.1 Å². The van der Waals surface area contributed by atoms with Crippen LogP contribution in [0.15, 0.2) is 23.3 Å². The first kappa shape index (κ1) is 29.3. The van der Waals surface area contributed by atoms with Gasteiger partial charge in [-0.3, -0.25) is 14.4 Å². The van der Waals surface area contributed by atoms with Gasteiger partial charge >= 0.3 is 5.97 Å². The van der Waals surface area contributed by atoms with E-state index in [1.807, 2.05) is 6.08 Å². The van der Waals surface area contributed by atoms with Gasteiger partial charge in [-0.15, -0.1) is 0 Å². The number of methoxy groups -OCH3 is 1. The van der Waals surface area contributed by atoms with Crippen molar-refractivity contribution in [2.75, 3.05) is 7.11 Å². The topological polar surface area (TPSA) is 84.2 Å². The highest BCUT2D eigenvalue weighted by atomic mass is 16.5. The maximum absolute atomic E-state index is 13.3. The average molecular weight is 510 g/mol. The number of nitriles is 1. The Kier molecular flexibility index (Phi) is 7.79. The number of Topliss-reactive ketones (excluding diaryl/α,β-unsaturated/α-hetero) is 1. The van der Waals surface area contributed by atoms with E-state index in [1.165, 1.54) is 7.11 Å². The second-order valence-corrected chi connectivity index (χ2v) is 14.1. The van der Waals surface area contributed by atoms with E-state index >= 15 is 0 Å². The van der Waals surface area contributed by atoms with Gasteiger partial charge in [-0.05, 0) is 86.0 Å². The van der Waals surface area contributed by atoms with Crippen LogP contribution in [0.3, 0.4) is 0 Å². The Hall–Kier alpha value is -2.22. The van der Waals surface area contributed by atoms with E-state index in [0.29, 0.717) is 6.42 Å². The molecule has 0 N–H and O–H groups in total. The van der Waals surface area contributed by atoms with Gasteiger partial charge in [0.15, 0.2) is 11.6 Å². The minimum atomic E-state index is -0.531. The van der Waals surface area contributed by atoms with E-state index in [4.69, 9.17) is 4.74 Å². The molecular formula is C32H47NO4. The fourth-order valence-electron chi connectivity index (χ4n) is 7.98. The lowest BCUT2D eigenvalue weighted by atomic mass is 9.45. The highest BCUT2D eigenvalue weighted by molar-refractivity contribution is 6.00. The van der Waals surface area contributed by atoms with E-state index in [-0.39, 0.29) is 51.2 Å². The molecule has 3 aliphatic rings. The molecule has 5 heteroatoms. The first-order valence-electron chi connectivity index (χ1n) is 14.0. The third kappa shape index (κ3) is 4.98. The number of ketones is 2. The zero-order valence-corrected chi connectivity index (χ0v) is 24.5. The zero-order chi connectivity index (χ0) is 28.0. The van der Waals surface area contributed by atoms with Crippen LogP contribution in [0.2, 0.25) is 0 Å². The predicted molar refractivity (Wildman–Crippen MR) is 145 cm³/mol. The van der Waals surface area contributed by atoms with Crippen LogP contribution in [0.1, 0.15) is 107 Å². The summed E-state index contributed by atoms with van der Waals surface area (Å²) in [6, 6.07) is 2.10. The molecule has 0 aliphatic heterocycles. The summed E-state index contributed by atoms with van der Waals surface area (Å²) in [5, 5.41) is 9.65. The SMILES string of the molecule is COC(=O)[C@]1(CCC(C)(C)[C@]2(C)CC[C@H]3CC(=O)C(C#N)=C[C@]3(C)/C2=C/C(C)=O)CCC(C)(C)CC1C. The summed E-state index contributed by atoms with van der Waals surface area (Å²) in [4.78, 5) is 38.4. The molecular weight excluding hydrogens is 462 g/mol. The van der Waals surface area contributed by atoms with Gasteiger partial charge in [0.25, 0.3) is 0 Å². The van der Waals surface area contributed by atoms with Gasteiger partial charge in [0.2, 0.25) is 0 Å². The first-order valence-corrected chi connectivity index (χ1v) is 14.0. The molecule has 204 valence electrons. The maximum Gasteiger partial charge on any atom is 0.312 e. The van der Waals surface area contributed by atoms with Gasteiger partial charge in [0.1, 0.15) is 6.07 Å². The highest BCUT2D eigenvalue weighted by Gasteiger charge is 2.57. The maximum atomic E-state index is 13.3. The number of ether oxygens (including phenoxy) is 1. The third-order valence-corrected chi connectivity index (χ3v) is 11.0. The van der Waals surface area contributed by atoms with Gasteiger partial charge in [0.05, 0.1) is 18.1 Å². The molecule has 0 aromatic rings. The minimum absolute atomic E-state index is 0.0168. The van der Waals surface area contributed by atoms with Crippen molar-refractivity contribution in [1.82, 2.24) is 0 Å². The summed E-state index contributed by atoms with van der Waals surface area (Å²) >= 11 is 0. The number of carbonyl (C=O) groups is 3. The molecule has 0 saturated heterocycles. The zero-order valence-electron chi connectivity index (χ0n) is 24.5. The molecule has 0 heterocycles. The lowest BCUT2D eigenvalue weighted by Crippen LogP contribution is -2.51. The molecule has 3 rings (SSSR count). The molecule has 2 saturated carbocycles. The summed E-state index contributed by atoms with van der Waals surface area (Å²) in [6.07, 6.45) is 10.0. The van der Waals surface area contributed by atoms with Crippen molar-refractivity contribution in [1.29, 1.82) is 5.26 Å². The molecule has 37 heavy (non-hydrogen) atoms. The lowest BCUT2D eigenvalue weighted by molar-refractivity contribution is -0.162. The lowest BCUT2D eigenvalue weighted by Gasteiger charge is -2.58. The number of esters is 1. The summed E-state index contributed by atoms with van der Waals surface area (Å²) < 4.78 is 5.40. The number of fused-ring (bicyclic) bond motifs is 1. The molecule has 0 radical (unpaired) electrons. The van der Waals surface area contributed by atoms with Crippen molar-refractivity contribution in [3.05, 3.63) is 23.3 Å². The fraction of sp³-hybridized carbons (Fsp3) is 0.750. The molecule has 0 aromatic heterocycles. The van der Waals surface area contributed by atoms with Crippen molar-refractivity contribution >= 4 is 17.5 Å². The summed E-state index contributed by atoms with van der Waals surface area (Å²) in [6.45, 7) is 17.2. The summed E-state index contributed by atoms with van der Waals surface area (Å²) in [5.74, 6) is 0.0898. The number of hydrogen-bond donors (Lipinski definition) is 0. The van der Waals surface area contributed by atoms with E-state index < -0.39 is 10.8 Å². The van der Waals surface area contributed by atoms with Gasteiger partial charge in [-0.25, -0.2) is 0 Å². The van der Waals surface area contributed by atoms with Crippen LogP contribution in [0, 0.1) is 50.2 Å². The number of carbonyl (C=O) groups excluding carboxylic acids is 3. The minimum Gasteiger partial charge on any atom is -0.469 e. The van der Waals surface area contributed by atoms with E-state index in [2.05, 4.69) is 54.5 Å². The Morgan fingerprint density at radius 2 is 1.84 bits per heavy atom. The van der Waals surface area contributed by atoms with Crippen molar-refractivity contribution in [2.45, 2.75) is 107 Å². The van der Waals surface area contributed by atoms with Crippen LogP contribution in [-0.4, -0.2) is 24.6 Å². The molecule has 0 aromatic carbocycles. The second-order valence-electron chi connectivity index (χ2n) is 14.1. The van der Waals surface area contributed by atoms with Crippen LogP contribution in [0.25, 0.3) is 0 Å². The summed E-state index contributed by atoms with van der Waals surface area (Å²) in [5.41, 5.74) is -0.163. The quantitative estimate of drug-likeness (QED) is 0.280. The first-order chi connectivity index (χ1) is 17.0. The Bertz CT molecular complexity index is 1070. The van der Waals surface area contributed by atoms with Gasteiger partial charge in [0, 0.05) is 11.8 Å². The fourth-order valence-corrected chi connectivity index (χ4v) is 7.98. The van der Waals surface area contributed by atoms with E-state index in [1.54, 1.807) is 13.0 Å². The molecule has 5 atom stereocenters. The van der Waals surface area contributed by atoms with Gasteiger partial charge < -0.3 is 4.74 Å². The van der Waals surface area contributed by atoms with E-state index in [9.17, 15) is 19.6 Å². The molecule has 5 nitrogen and oxygen atoms in total. The van der Waals surface area contributed by atoms with Crippen LogP contribution in [0.5, 0.6) is 0 Å². The van der Waals surface area contributed by atoms with E-state index in [0.717, 1.165) is 50.5 Å². The van der Waals surface area contributed by atoms with Crippen LogP contribution in [0.4, 0.5) is 0 Å².